The third-order valence-corrected chi connectivity index (χ3v) is 5.13. The lowest BCUT2D eigenvalue weighted by Crippen LogP contribution is -2.30. The summed E-state index contributed by atoms with van der Waals surface area (Å²) in [5.41, 5.74) is 6.43. The molecule has 0 fully saturated rings. The summed E-state index contributed by atoms with van der Waals surface area (Å²) >= 11 is 6.54. The van der Waals surface area contributed by atoms with Gasteiger partial charge in [0.15, 0.2) is 11.5 Å². The molecule has 0 saturated carbocycles. The van der Waals surface area contributed by atoms with Gasteiger partial charge in [-0.1, -0.05) is 11.6 Å². The van der Waals surface area contributed by atoms with Crippen LogP contribution in [0.5, 0.6) is 11.5 Å². The third-order valence-electron chi connectivity index (χ3n) is 4.83. The average Bonchev–Trinajstić information content (AvgIpc) is 3.10. The molecule has 1 unspecified atom stereocenters. The summed E-state index contributed by atoms with van der Waals surface area (Å²) in [6, 6.07) is 7.29. The van der Waals surface area contributed by atoms with Crippen molar-refractivity contribution in [3.8, 4) is 17.6 Å². The molecule has 2 aliphatic heterocycles. The fourth-order valence-corrected chi connectivity index (χ4v) is 3.80. The van der Waals surface area contributed by atoms with E-state index in [2.05, 4.69) is 4.98 Å². The second kappa shape index (κ2) is 7.36. The van der Waals surface area contributed by atoms with Gasteiger partial charge in [0.2, 0.25) is 12.7 Å². The third kappa shape index (κ3) is 3.73. The Morgan fingerprint density at radius 2 is 1.97 bits per heavy atom. The van der Waals surface area contributed by atoms with Crippen molar-refractivity contribution in [1.82, 2.24) is 4.98 Å². The van der Waals surface area contributed by atoms with E-state index in [0.29, 0.717) is 28.0 Å². The van der Waals surface area contributed by atoms with Gasteiger partial charge in [-0.25, -0.2) is 9.78 Å². The Hall–Kier alpha value is -3.44. The number of benzene rings is 1. The Labute approximate surface area is 183 Å². The van der Waals surface area contributed by atoms with Crippen LogP contribution >= 0.6 is 11.6 Å². The molecule has 31 heavy (non-hydrogen) atoms. The van der Waals surface area contributed by atoms with Crippen LogP contribution in [0.15, 0.2) is 41.0 Å². The van der Waals surface area contributed by atoms with Crippen molar-refractivity contribution in [2.24, 2.45) is 5.73 Å². The first-order valence-electron chi connectivity index (χ1n) is 9.50. The lowest BCUT2D eigenvalue weighted by atomic mass is 9.83. The molecule has 0 radical (unpaired) electrons. The van der Waals surface area contributed by atoms with Crippen molar-refractivity contribution in [3.05, 3.63) is 51.7 Å². The summed E-state index contributed by atoms with van der Waals surface area (Å²) in [5.74, 6) is -0.247. The fourth-order valence-electron chi connectivity index (χ4n) is 3.55. The molecule has 2 aliphatic rings. The van der Waals surface area contributed by atoms with Crippen LogP contribution in [-0.2, 0) is 14.3 Å². The summed E-state index contributed by atoms with van der Waals surface area (Å²) in [7, 11) is 0. The molecule has 1 aromatic heterocycles. The molecule has 1 atom stereocenters. The summed E-state index contributed by atoms with van der Waals surface area (Å²) in [5, 5.41) is 10.6. The van der Waals surface area contributed by atoms with E-state index in [9.17, 15) is 10.1 Å². The highest BCUT2D eigenvalue weighted by Crippen LogP contribution is 2.44. The molecule has 1 aromatic carbocycles. The lowest BCUT2D eigenvalue weighted by molar-refractivity contribution is -0.150. The number of ether oxygens (including phenoxy) is 4. The Balaban J connectivity index is 1.91. The van der Waals surface area contributed by atoms with Crippen LogP contribution < -0.4 is 15.2 Å². The molecule has 2 N–H and O–H groups in total. The number of carbonyl (C=O) groups is 1. The second-order valence-corrected chi connectivity index (χ2v) is 8.52. The van der Waals surface area contributed by atoms with Gasteiger partial charge in [0, 0.05) is 17.0 Å². The number of hydrogen-bond acceptors (Lipinski definition) is 8. The summed E-state index contributed by atoms with van der Waals surface area (Å²) in [4.78, 5) is 17.5. The maximum Gasteiger partial charge on any atom is 0.338 e. The number of nitriles is 1. The van der Waals surface area contributed by atoms with Crippen LogP contribution in [0.25, 0.3) is 10.9 Å². The highest BCUT2D eigenvalue weighted by atomic mass is 35.5. The number of esters is 1. The van der Waals surface area contributed by atoms with Gasteiger partial charge >= 0.3 is 5.97 Å². The molecule has 2 aromatic rings. The van der Waals surface area contributed by atoms with Crippen LogP contribution in [0.3, 0.4) is 0 Å². The standard InChI is InChI=1S/C22H20ClN3O5/c1-10-17(21(27)31-22(2,3)4)18(13(8-24)20(25)30-10)12-5-11-6-15-16(29-9-28-15)7-14(11)26-19(12)23/h5-7,18H,9,25H2,1-4H3. The van der Waals surface area contributed by atoms with E-state index in [1.807, 2.05) is 6.07 Å². The zero-order valence-corrected chi connectivity index (χ0v) is 18.2. The lowest BCUT2D eigenvalue weighted by Gasteiger charge is -2.29. The number of fused-ring (bicyclic) bond motifs is 2. The van der Waals surface area contributed by atoms with E-state index < -0.39 is 17.5 Å². The molecule has 3 heterocycles. The van der Waals surface area contributed by atoms with E-state index in [4.69, 9.17) is 36.3 Å². The minimum absolute atomic E-state index is 0.0512. The molecule has 4 rings (SSSR count). The van der Waals surface area contributed by atoms with Crippen molar-refractivity contribution >= 4 is 28.5 Å². The van der Waals surface area contributed by atoms with Crippen LogP contribution in [0.2, 0.25) is 5.15 Å². The van der Waals surface area contributed by atoms with Gasteiger partial charge in [0.25, 0.3) is 0 Å². The Kier molecular flexibility index (Phi) is 4.94. The van der Waals surface area contributed by atoms with Crippen molar-refractivity contribution < 1.29 is 23.7 Å². The Morgan fingerprint density at radius 1 is 1.29 bits per heavy atom. The fraction of sp³-hybridized carbons (Fsp3) is 0.318. The first-order chi connectivity index (χ1) is 14.6. The first-order valence-corrected chi connectivity index (χ1v) is 9.88. The summed E-state index contributed by atoms with van der Waals surface area (Å²) in [6.45, 7) is 6.97. The largest absolute Gasteiger partial charge is 0.456 e. The van der Waals surface area contributed by atoms with Gasteiger partial charge in [0.1, 0.15) is 28.2 Å². The first kappa shape index (κ1) is 20.8. The van der Waals surface area contributed by atoms with Gasteiger partial charge < -0.3 is 24.7 Å². The number of pyridine rings is 1. The maximum atomic E-state index is 13.1. The van der Waals surface area contributed by atoms with Crippen molar-refractivity contribution in [1.29, 1.82) is 5.26 Å². The predicted octanol–water partition coefficient (Wildman–Crippen LogP) is 4.04. The van der Waals surface area contributed by atoms with E-state index in [-0.39, 0.29) is 34.7 Å². The number of nitrogens with two attached hydrogens (primary N) is 1. The van der Waals surface area contributed by atoms with Crippen LogP contribution in [-0.4, -0.2) is 23.3 Å². The molecule has 8 nitrogen and oxygen atoms in total. The SMILES string of the molecule is CC1=C(C(=O)OC(C)(C)C)C(c2cc3cc4c(cc3nc2Cl)OCO4)C(C#N)=C(N)O1. The van der Waals surface area contributed by atoms with Crippen molar-refractivity contribution in [2.75, 3.05) is 6.79 Å². The van der Waals surface area contributed by atoms with E-state index in [1.165, 1.54) is 0 Å². The maximum absolute atomic E-state index is 13.1. The van der Waals surface area contributed by atoms with Gasteiger partial charge in [-0.05, 0) is 39.8 Å². The Morgan fingerprint density at radius 3 is 2.61 bits per heavy atom. The second-order valence-electron chi connectivity index (χ2n) is 8.16. The monoisotopic (exact) mass is 441 g/mol. The molecular weight excluding hydrogens is 422 g/mol. The van der Waals surface area contributed by atoms with E-state index in [0.717, 1.165) is 0 Å². The number of aromatic nitrogens is 1. The van der Waals surface area contributed by atoms with Crippen LogP contribution in [0.4, 0.5) is 0 Å². The molecule has 160 valence electrons. The van der Waals surface area contributed by atoms with Crippen molar-refractivity contribution in [2.45, 2.75) is 39.2 Å². The highest BCUT2D eigenvalue weighted by Gasteiger charge is 2.39. The predicted molar refractivity (Wildman–Crippen MR) is 112 cm³/mol. The number of nitrogens with zero attached hydrogens (tertiary/aromatic N) is 2. The molecule has 0 saturated heterocycles. The minimum atomic E-state index is -0.900. The topological polar surface area (TPSA) is 117 Å². The van der Waals surface area contributed by atoms with Gasteiger partial charge in [-0.3, -0.25) is 0 Å². The van der Waals surface area contributed by atoms with Crippen LogP contribution in [0, 0.1) is 11.3 Å². The molecule has 0 spiro atoms. The number of hydrogen-bond donors (Lipinski definition) is 1. The number of rotatable bonds is 2. The minimum Gasteiger partial charge on any atom is -0.456 e. The van der Waals surface area contributed by atoms with Gasteiger partial charge in [-0.15, -0.1) is 0 Å². The molecular formula is C22H20ClN3O5. The summed E-state index contributed by atoms with van der Waals surface area (Å²) in [6.07, 6.45) is 0. The molecule has 0 aliphatic carbocycles. The Bertz CT molecular complexity index is 1220. The quantitative estimate of drug-likeness (QED) is 0.548. The zero-order chi connectivity index (χ0) is 22.5. The smallest absolute Gasteiger partial charge is 0.338 e. The number of allylic oxidation sites excluding steroid dienone is 2. The van der Waals surface area contributed by atoms with Crippen molar-refractivity contribution in [3.63, 3.8) is 0 Å². The zero-order valence-electron chi connectivity index (χ0n) is 17.4. The van der Waals surface area contributed by atoms with Gasteiger partial charge in [-0.2, -0.15) is 5.26 Å². The van der Waals surface area contributed by atoms with Crippen LogP contribution in [0.1, 0.15) is 39.2 Å². The summed E-state index contributed by atoms with van der Waals surface area (Å²) < 4.78 is 21.9. The van der Waals surface area contributed by atoms with E-state index in [1.54, 1.807) is 45.9 Å². The molecule has 0 bridgehead atoms. The highest BCUT2D eigenvalue weighted by molar-refractivity contribution is 6.30. The van der Waals surface area contributed by atoms with Gasteiger partial charge in [0.05, 0.1) is 17.0 Å². The average molecular weight is 442 g/mol. The number of carbonyl (C=O) groups excluding carboxylic acids is 1. The normalized spacial score (nSPS) is 18.1. The molecule has 9 heteroatoms. The van der Waals surface area contributed by atoms with E-state index >= 15 is 0 Å². The number of halogens is 1. The molecule has 0 amide bonds.